The van der Waals surface area contributed by atoms with E-state index in [4.69, 9.17) is 23.2 Å². The number of benzene rings is 1. The molecule has 84 valence electrons. The van der Waals surface area contributed by atoms with Crippen LogP contribution in [0.2, 0.25) is 10.0 Å². The van der Waals surface area contributed by atoms with Crippen molar-refractivity contribution in [1.29, 1.82) is 0 Å². The summed E-state index contributed by atoms with van der Waals surface area (Å²) in [7, 11) is 1.71. The standard InChI is InChI=1S/C9H9Cl2N5/c1-16-14-9(13-15-16)5-12-8-4-6(10)2-3-7(8)11/h2-4,12H,5H2,1H3. The van der Waals surface area contributed by atoms with Gasteiger partial charge in [0.1, 0.15) is 0 Å². The Kier molecular flexibility index (Phi) is 3.26. The largest absolute Gasteiger partial charge is 0.376 e. The van der Waals surface area contributed by atoms with Gasteiger partial charge in [-0.15, -0.1) is 10.2 Å². The van der Waals surface area contributed by atoms with Crippen LogP contribution < -0.4 is 5.32 Å². The molecule has 7 heteroatoms. The lowest BCUT2D eigenvalue weighted by Gasteiger charge is -2.06. The van der Waals surface area contributed by atoms with Crippen LogP contribution in [0, 0.1) is 0 Å². The van der Waals surface area contributed by atoms with E-state index in [1.54, 1.807) is 25.2 Å². The van der Waals surface area contributed by atoms with Gasteiger partial charge in [0.2, 0.25) is 0 Å². The van der Waals surface area contributed by atoms with Crippen molar-refractivity contribution in [2.75, 3.05) is 5.32 Å². The van der Waals surface area contributed by atoms with E-state index in [1.807, 2.05) is 0 Å². The van der Waals surface area contributed by atoms with Crippen LogP contribution in [0.4, 0.5) is 5.69 Å². The number of anilines is 1. The lowest BCUT2D eigenvalue weighted by atomic mass is 10.3. The number of hydrogen-bond acceptors (Lipinski definition) is 4. The van der Waals surface area contributed by atoms with E-state index < -0.39 is 0 Å². The van der Waals surface area contributed by atoms with Crippen molar-refractivity contribution >= 4 is 28.9 Å². The molecule has 0 radical (unpaired) electrons. The van der Waals surface area contributed by atoms with Crippen LogP contribution in [0.15, 0.2) is 18.2 Å². The van der Waals surface area contributed by atoms with Crippen LogP contribution in [0.5, 0.6) is 0 Å². The van der Waals surface area contributed by atoms with Crippen LogP contribution >= 0.6 is 23.2 Å². The molecule has 1 aromatic heterocycles. The summed E-state index contributed by atoms with van der Waals surface area (Å²) in [6.07, 6.45) is 0. The Balaban J connectivity index is 2.07. The first-order valence-corrected chi connectivity index (χ1v) is 5.32. The van der Waals surface area contributed by atoms with Gasteiger partial charge in [0.15, 0.2) is 5.82 Å². The molecular formula is C9H9Cl2N5. The molecule has 0 atom stereocenters. The summed E-state index contributed by atoms with van der Waals surface area (Å²) in [5, 5.41) is 15.9. The number of hydrogen-bond donors (Lipinski definition) is 1. The molecule has 0 bridgehead atoms. The fraction of sp³-hybridized carbons (Fsp3) is 0.222. The maximum Gasteiger partial charge on any atom is 0.193 e. The summed E-state index contributed by atoms with van der Waals surface area (Å²) in [6.45, 7) is 0.452. The second-order valence-corrected chi connectivity index (χ2v) is 4.02. The Morgan fingerprint density at radius 3 is 2.88 bits per heavy atom. The van der Waals surface area contributed by atoms with Crippen molar-refractivity contribution in [2.45, 2.75) is 6.54 Å². The third-order valence-corrected chi connectivity index (χ3v) is 2.48. The van der Waals surface area contributed by atoms with Gasteiger partial charge in [-0.2, -0.15) is 4.80 Å². The first kappa shape index (κ1) is 11.2. The molecule has 0 aliphatic heterocycles. The Bertz CT molecular complexity index is 496. The summed E-state index contributed by atoms with van der Waals surface area (Å²) < 4.78 is 0. The Morgan fingerprint density at radius 2 is 2.19 bits per heavy atom. The molecule has 1 N–H and O–H groups in total. The number of tetrazole rings is 1. The van der Waals surface area contributed by atoms with E-state index in [2.05, 4.69) is 20.7 Å². The first-order chi connectivity index (χ1) is 7.65. The van der Waals surface area contributed by atoms with Crippen molar-refractivity contribution < 1.29 is 0 Å². The van der Waals surface area contributed by atoms with Crippen LogP contribution in [-0.2, 0) is 13.6 Å². The van der Waals surface area contributed by atoms with Gasteiger partial charge in [-0.1, -0.05) is 23.2 Å². The van der Waals surface area contributed by atoms with E-state index in [9.17, 15) is 0 Å². The average Bonchev–Trinajstić information content (AvgIpc) is 2.66. The zero-order valence-electron chi connectivity index (χ0n) is 8.48. The van der Waals surface area contributed by atoms with Crippen LogP contribution in [0.1, 0.15) is 5.82 Å². The summed E-state index contributed by atoms with van der Waals surface area (Å²) in [5.74, 6) is 0.596. The van der Waals surface area contributed by atoms with Gasteiger partial charge in [0.25, 0.3) is 0 Å². The van der Waals surface area contributed by atoms with Gasteiger partial charge >= 0.3 is 0 Å². The molecule has 0 spiro atoms. The number of nitrogens with zero attached hydrogens (tertiary/aromatic N) is 4. The zero-order chi connectivity index (χ0) is 11.5. The highest BCUT2D eigenvalue weighted by Gasteiger charge is 2.03. The number of aryl methyl sites for hydroxylation is 1. The Labute approximate surface area is 102 Å². The van der Waals surface area contributed by atoms with Gasteiger partial charge in [-0.05, 0) is 23.4 Å². The predicted octanol–water partition coefficient (Wildman–Crippen LogP) is 2.13. The molecule has 16 heavy (non-hydrogen) atoms. The minimum absolute atomic E-state index is 0.452. The maximum absolute atomic E-state index is 5.98. The second kappa shape index (κ2) is 4.67. The van der Waals surface area contributed by atoms with Gasteiger partial charge in [0, 0.05) is 5.02 Å². The van der Waals surface area contributed by atoms with E-state index in [0.717, 1.165) is 5.69 Å². The number of rotatable bonds is 3. The molecule has 5 nitrogen and oxygen atoms in total. The second-order valence-electron chi connectivity index (χ2n) is 3.17. The molecule has 2 aromatic rings. The lowest BCUT2D eigenvalue weighted by molar-refractivity contribution is 0.628. The van der Waals surface area contributed by atoms with E-state index >= 15 is 0 Å². The summed E-state index contributed by atoms with van der Waals surface area (Å²) >= 11 is 11.8. The van der Waals surface area contributed by atoms with Gasteiger partial charge in [-0.3, -0.25) is 0 Å². The lowest BCUT2D eigenvalue weighted by Crippen LogP contribution is -2.02. The van der Waals surface area contributed by atoms with Crippen LogP contribution in [0.25, 0.3) is 0 Å². The van der Waals surface area contributed by atoms with Crippen molar-refractivity contribution in [3.63, 3.8) is 0 Å². The topological polar surface area (TPSA) is 55.6 Å². The highest BCUT2D eigenvalue weighted by molar-refractivity contribution is 6.35. The molecule has 0 unspecified atom stereocenters. The third kappa shape index (κ3) is 2.62. The van der Waals surface area contributed by atoms with Crippen molar-refractivity contribution in [3.05, 3.63) is 34.1 Å². The molecule has 2 rings (SSSR count). The molecule has 1 aromatic carbocycles. The molecular weight excluding hydrogens is 249 g/mol. The Morgan fingerprint density at radius 1 is 1.38 bits per heavy atom. The summed E-state index contributed by atoms with van der Waals surface area (Å²) in [4.78, 5) is 1.40. The minimum Gasteiger partial charge on any atom is -0.376 e. The summed E-state index contributed by atoms with van der Waals surface area (Å²) in [5.41, 5.74) is 0.751. The molecule has 0 aliphatic rings. The van der Waals surface area contributed by atoms with Crippen molar-refractivity contribution in [3.8, 4) is 0 Å². The zero-order valence-corrected chi connectivity index (χ0v) is 10.00. The van der Waals surface area contributed by atoms with Gasteiger partial charge < -0.3 is 5.32 Å². The van der Waals surface area contributed by atoms with E-state index in [0.29, 0.717) is 22.4 Å². The van der Waals surface area contributed by atoms with E-state index in [1.165, 1.54) is 4.80 Å². The average molecular weight is 258 g/mol. The number of halogens is 2. The minimum atomic E-state index is 0.452. The number of aromatic nitrogens is 4. The molecule has 1 heterocycles. The highest BCUT2D eigenvalue weighted by atomic mass is 35.5. The predicted molar refractivity (Wildman–Crippen MR) is 62.6 cm³/mol. The summed E-state index contributed by atoms with van der Waals surface area (Å²) in [6, 6.07) is 5.21. The Hall–Kier alpha value is -1.33. The van der Waals surface area contributed by atoms with Crippen molar-refractivity contribution in [2.24, 2.45) is 7.05 Å². The normalized spacial score (nSPS) is 10.4. The molecule has 0 fully saturated rings. The smallest absolute Gasteiger partial charge is 0.193 e. The maximum atomic E-state index is 5.98. The molecule has 0 amide bonds. The van der Waals surface area contributed by atoms with Crippen molar-refractivity contribution in [1.82, 2.24) is 20.2 Å². The first-order valence-electron chi connectivity index (χ1n) is 4.57. The van der Waals surface area contributed by atoms with Gasteiger partial charge in [-0.25, -0.2) is 0 Å². The molecule has 0 aliphatic carbocycles. The van der Waals surface area contributed by atoms with Crippen LogP contribution in [0.3, 0.4) is 0 Å². The quantitative estimate of drug-likeness (QED) is 0.916. The highest BCUT2D eigenvalue weighted by Crippen LogP contribution is 2.25. The molecule has 0 saturated carbocycles. The SMILES string of the molecule is Cn1nnc(CNc2cc(Cl)ccc2Cl)n1. The number of nitrogens with one attached hydrogen (secondary N) is 1. The van der Waals surface area contributed by atoms with Gasteiger partial charge in [0.05, 0.1) is 24.3 Å². The third-order valence-electron chi connectivity index (χ3n) is 1.92. The fourth-order valence-electron chi connectivity index (χ4n) is 1.20. The fourth-order valence-corrected chi connectivity index (χ4v) is 1.56. The van der Waals surface area contributed by atoms with Crippen LogP contribution in [-0.4, -0.2) is 20.2 Å². The molecule has 0 saturated heterocycles. The van der Waals surface area contributed by atoms with E-state index in [-0.39, 0.29) is 0 Å². The monoisotopic (exact) mass is 257 g/mol.